The van der Waals surface area contributed by atoms with Crippen LogP contribution in [0.3, 0.4) is 0 Å². The van der Waals surface area contributed by atoms with Gasteiger partial charge in [0.25, 0.3) is 0 Å². The third-order valence-electron chi connectivity index (χ3n) is 4.59. The molecule has 0 aromatic carbocycles. The van der Waals surface area contributed by atoms with E-state index in [0.717, 1.165) is 45.9 Å². The maximum atomic E-state index is 10.2. The standard InChI is InChI=1S/C16H28N4O2/c21-15(13-20-8-2-5-17-20)12-18-6-3-7-19(10-9-18)14-16-4-1-11-22-16/h2,5,8,15-16,21H,1,3-4,6-7,9-14H2. The van der Waals surface area contributed by atoms with Crippen molar-refractivity contribution in [2.24, 2.45) is 0 Å². The SMILES string of the molecule is OC(CN1CCCN(CC2CCCO2)CC1)Cn1cccn1. The average Bonchev–Trinajstić information content (AvgIpc) is 3.13. The van der Waals surface area contributed by atoms with Gasteiger partial charge in [0.2, 0.25) is 0 Å². The number of β-amino-alcohol motifs (C(OH)–C–C–N with tert-alkyl or cyclic N) is 1. The Balaban J connectivity index is 1.39. The molecular weight excluding hydrogens is 280 g/mol. The number of aromatic nitrogens is 2. The molecule has 3 rings (SSSR count). The van der Waals surface area contributed by atoms with Crippen molar-refractivity contribution >= 4 is 0 Å². The third-order valence-corrected chi connectivity index (χ3v) is 4.59. The summed E-state index contributed by atoms with van der Waals surface area (Å²) in [4.78, 5) is 4.90. The molecule has 124 valence electrons. The molecule has 0 aliphatic carbocycles. The van der Waals surface area contributed by atoms with Gasteiger partial charge in [0, 0.05) is 45.2 Å². The minimum Gasteiger partial charge on any atom is -0.390 e. The van der Waals surface area contributed by atoms with Gasteiger partial charge in [0.1, 0.15) is 0 Å². The van der Waals surface area contributed by atoms with Crippen molar-refractivity contribution in [2.45, 2.75) is 38.0 Å². The second-order valence-corrected chi connectivity index (χ2v) is 6.47. The zero-order valence-electron chi connectivity index (χ0n) is 13.3. The molecule has 0 amide bonds. The Morgan fingerprint density at radius 3 is 2.77 bits per heavy atom. The van der Waals surface area contributed by atoms with E-state index in [1.54, 1.807) is 10.9 Å². The van der Waals surface area contributed by atoms with E-state index in [-0.39, 0.29) is 6.10 Å². The normalized spacial score (nSPS) is 26.1. The summed E-state index contributed by atoms with van der Waals surface area (Å²) in [7, 11) is 0. The van der Waals surface area contributed by atoms with Crippen molar-refractivity contribution < 1.29 is 9.84 Å². The first-order valence-corrected chi connectivity index (χ1v) is 8.51. The van der Waals surface area contributed by atoms with E-state index in [9.17, 15) is 5.11 Å². The van der Waals surface area contributed by atoms with Crippen LogP contribution in [0.4, 0.5) is 0 Å². The molecule has 0 radical (unpaired) electrons. The van der Waals surface area contributed by atoms with Gasteiger partial charge in [-0.15, -0.1) is 0 Å². The van der Waals surface area contributed by atoms with Crippen LogP contribution in [0, 0.1) is 0 Å². The molecule has 3 heterocycles. The van der Waals surface area contributed by atoms with E-state index >= 15 is 0 Å². The maximum absolute atomic E-state index is 10.2. The molecule has 22 heavy (non-hydrogen) atoms. The smallest absolute Gasteiger partial charge is 0.0862 e. The molecule has 6 heteroatoms. The lowest BCUT2D eigenvalue weighted by atomic mass is 10.2. The van der Waals surface area contributed by atoms with Crippen LogP contribution < -0.4 is 0 Å². The van der Waals surface area contributed by atoms with Gasteiger partial charge >= 0.3 is 0 Å². The zero-order valence-corrected chi connectivity index (χ0v) is 13.3. The van der Waals surface area contributed by atoms with Gasteiger partial charge in [-0.05, 0) is 38.4 Å². The summed E-state index contributed by atoms with van der Waals surface area (Å²) in [5, 5.41) is 14.4. The summed E-state index contributed by atoms with van der Waals surface area (Å²) in [5.74, 6) is 0. The van der Waals surface area contributed by atoms with Crippen molar-refractivity contribution in [3.63, 3.8) is 0 Å². The summed E-state index contributed by atoms with van der Waals surface area (Å²) in [5.41, 5.74) is 0. The van der Waals surface area contributed by atoms with Crippen molar-refractivity contribution in [1.82, 2.24) is 19.6 Å². The summed E-state index contributed by atoms with van der Waals surface area (Å²) in [6, 6.07) is 1.89. The predicted octanol–water partition coefficient (Wildman–Crippen LogP) is 0.431. The summed E-state index contributed by atoms with van der Waals surface area (Å²) in [6.07, 6.45) is 7.33. The Morgan fingerprint density at radius 1 is 1.14 bits per heavy atom. The molecule has 6 nitrogen and oxygen atoms in total. The first kappa shape index (κ1) is 15.9. The highest BCUT2D eigenvalue weighted by Gasteiger charge is 2.22. The Kier molecular flexibility index (Phi) is 5.83. The molecule has 2 aliphatic rings. The number of rotatable bonds is 6. The summed E-state index contributed by atoms with van der Waals surface area (Å²) >= 11 is 0. The monoisotopic (exact) mass is 308 g/mol. The molecule has 2 unspecified atom stereocenters. The van der Waals surface area contributed by atoms with E-state index in [1.165, 1.54) is 19.3 Å². The van der Waals surface area contributed by atoms with Gasteiger partial charge in [-0.3, -0.25) is 14.5 Å². The van der Waals surface area contributed by atoms with Gasteiger partial charge in [-0.1, -0.05) is 0 Å². The van der Waals surface area contributed by atoms with Gasteiger partial charge in [-0.2, -0.15) is 5.10 Å². The quantitative estimate of drug-likeness (QED) is 0.826. The molecule has 0 saturated carbocycles. The van der Waals surface area contributed by atoms with E-state index < -0.39 is 0 Å². The van der Waals surface area contributed by atoms with E-state index in [2.05, 4.69) is 14.9 Å². The van der Waals surface area contributed by atoms with Gasteiger partial charge < -0.3 is 9.84 Å². The molecule has 2 atom stereocenters. The van der Waals surface area contributed by atoms with Crippen LogP contribution in [-0.4, -0.2) is 82.8 Å². The number of hydrogen-bond donors (Lipinski definition) is 1. The van der Waals surface area contributed by atoms with Crippen LogP contribution in [0.1, 0.15) is 19.3 Å². The van der Waals surface area contributed by atoms with Gasteiger partial charge in [0.15, 0.2) is 0 Å². The highest BCUT2D eigenvalue weighted by atomic mass is 16.5. The lowest BCUT2D eigenvalue weighted by Crippen LogP contribution is -2.38. The molecule has 1 aromatic rings. The molecule has 2 aliphatic heterocycles. The summed E-state index contributed by atoms with van der Waals surface area (Å²) < 4.78 is 7.54. The summed E-state index contributed by atoms with van der Waals surface area (Å²) in [6.45, 7) is 7.63. The third kappa shape index (κ3) is 4.78. The number of hydrogen-bond acceptors (Lipinski definition) is 5. The Hall–Kier alpha value is -0.950. The van der Waals surface area contributed by atoms with Crippen molar-refractivity contribution in [3.05, 3.63) is 18.5 Å². The Morgan fingerprint density at radius 2 is 2.00 bits per heavy atom. The minimum absolute atomic E-state index is 0.357. The fourth-order valence-electron chi connectivity index (χ4n) is 3.45. The molecule has 0 bridgehead atoms. The van der Waals surface area contributed by atoms with E-state index in [1.807, 2.05) is 12.3 Å². The number of nitrogens with zero attached hydrogens (tertiary/aromatic N) is 4. The van der Waals surface area contributed by atoms with E-state index in [4.69, 9.17) is 4.74 Å². The van der Waals surface area contributed by atoms with Crippen LogP contribution in [0.15, 0.2) is 18.5 Å². The molecular formula is C16H28N4O2. The van der Waals surface area contributed by atoms with E-state index in [0.29, 0.717) is 12.6 Å². The van der Waals surface area contributed by atoms with Crippen LogP contribution in [0.25, 0.3) is 0 Å². The largest absolute Gasteiger partial charge is 0.390 e. The van der Waals surface area contributed by atoms with Crippen molar-refractivity contribution in [2.75, 3.05) is 45.9 Å². The van der Waals surface area contributed by atoms with Crippen LogP contribution in [-0.2, 0) is 11.3 Å². The molecule has 1 aromatic heterocycles. The van der Waals surface area contributed by atoms with Crippen LogP contribution in [0.5, 0.6) is 0 Å². The minimum atomic E-state index is -0.357. The van der Waals surface area contributed by atoms with Crippen molar-refractivity contribution in [3.8, 4) is 0 Å². The van der Waals surface area contributed by atoms with Crippen LogP contribution >= 0.6 is 0 Å². The zero-order chi connectivity index (χ0) is 15.2. The highest BCUT2D eigenvalue weighted by Crippen LogP contribution is 2.14. The second kappa shape index (κ2) is 8.06. The second-order valence-electron chi connectivity index (χ2n) is 6.47. The first-order chi connectivity index (χ1) is 10.8. The van der Waals surface area contributed by atoms with Gasteiger partial charge in [0.05, 0.1) is 18.8 Å². The number of ether oxygens (including phenoxy) is 1. The molecule has 2 fully saturated rings. The Labute approximate surface area is 132 Å². The fraction of sp³-hybridized carbons (Fsp3) is 0.812. The molecule has 0 spiro atoms. The topological polar surface area (TPSA) is 53.8 Å². The molecule has 2 saturated heterocycles. The number of aliphatic hydroxyl groups excluding tert-OH is 1. The molecule has 1 N–H and O–H groups in total. The fourth-order valence-corrected chi connectivity index (χ4v) is 3.45. The predicted molar refractivity (Wildman–Crippen MR) is 84.7 cm³/mol. The van der Waals surface area contributed by atoms with Crippen LogP contribution in [0.2, 0.25) is 0 Å². The lowest BCUT2D eigenvalue weighted by molar-refractivity contribution is 0.0716. The first-order valence-electron chi connectivity index (χ1n) is 8.51. The maximum Gasteiger partial charge on any atom is 0.0862 e. The Bertz CT molecular complexity index is 420. The highest BCUT2D eigenvalue weighted by molar-refractivity contribution is 4.80. The number of aliphatic hydroxyl groups is 1. The van der Waals surface area contributed by atoms with Gasteiger partial charge in [-0.25, -0.2) is 0 Å². The average molecular weight is 308 g/mol. The lowest BCUT2D eigenvalue weighted by Gasteiger charge is -2.25. The van der Waals surface area contributed by atoms with Crippen molar-refractivity contribution in [1.29, 1.82) is 0 Å².